The van der Waals surface area contributed by atoms with Gasteiger partial charge in [-0.15, -0.1) is 77.4 Å². The van der Waals surface area contributed by atoms with Gasteiger partial charge in [-0.25, -0.2) is 16.7 Å². The molecule has 0 aliphatic rings. The van der Waals surface area contributed by atoms with E-state index in [0.29, 0.717) is 22.9 Å². The maximum Gasteiger partial charge on any atom is 3.00 e. The molecule has 0 amide bonds. The van der Waals surface area contributed by atoms with Gasteiger partial charge in [0.25, 0.3) is 0 Å². The summed E-state index contributed by atoms with van der Waals surface area (Å²) >= 11 is 0. The summed E-state index contributed by atoms with van der Waals surface area (Å²) in [6.07, 6.45) is 7.60. The molecular weight excluding hydrogens is 1300 g/mol. The summed E-state index contributed by atoms with van der Waals surface area (Å²) in [5.74, 6) is 0.935. The first kappa shape index (κ1) is 50.3. The van der Waals surface area contributed by atoms with E-state index in [0.717, 1.165) is 111 Å². The Morgan fingerprint density at radius 2 is 0.883 bits per heavy atom. The van der Waals surface area contributed by atoms with E-state index in [1.807, 2.05) is 116 Å². The van der Waals surface area contributed by atoms with E-state index >= 15 is 0 Å². The number of ether oxygens (including phenoxy) is 1. The molecule has 13 rings (SSSR count). The van der Waals surface area contributed by atoms with Crippen LogP contribution >= 0.6 is 0 Å². The SMILES string of the molecule is [Ir+3].[Pt+2].[c-]1ccc(Oc2ccc3ccc4cccnc4c3n2)[c-]c1-c1[c-]cc(-c2ccccc2-c2cc(-c3ccccc3-c3ccc(-c4[c-]cccc4)nc3)cc(-c3ccccc3-c3ccc(-c4[c-]cccc4)nc3)c2)cn1. The first-order chi connectivity index (χ1) is 37.1. The molecule has 13 aromatic rings. The van der Waals surface area contributed by atoms with Crippen LogP contribution in [0.1, 0.15) is 0 Å². The summed E-state index contributed by atoms with van der Waals surface area (Å²) in [7, 11) is 0. The van der Waals surface area contributed by atoms with Crippen molar-refractivity contribution in [1.29, 1.82) is 0 Å². The Morgan fingerprint density at radius 1 is 0.377 bits per heavy atom. The summed E-state index contributed by atoms with van der Waals surface area (Å²) in [6.45, 7) is 0. The minimum absolute atomic E-state index is 0. The first-order valence-corrected chi connectivity index (χ1v) is 24.6. The second kappa shape index (κ2) is 22.6. The molecule has 0 saturated carbocycles. The number of aromatic nitrogens is 5. The van der Waals surface area contributed by atoms with Crippen LogP contribution in [-0.4, -0.2) is 24.9 Å². The Kier molecular flexibility index (Phi) is 14.7. The van der Waals surface area contributed by atoms with Gasteiger partial charge in [0, 0.05) is 35.4 Å². The van der Waals surface area contributed by atoms with Crippen molar-refractivity contribution in [2.24, 2.45) is 0 Å². The maximum absolute atomic E-state index is 6.28. The number of fused-ring (bicyclic) bond motifs is 3. The normalized spacial score (nSPS) is 10.9. The van der Waals surface area contributed by atoms with Crippen LogP contribution in [0.15, 0.2) is 243 Å². The molecule has 8 heteroatoms. The number of benzene rings is 8. The van der Waals surface area contributed by atoms with Gasteiger partial charge in [-0.1, -0.05) is 127 Å². The number of pyridine rings is 5. The van der Waals surface area contributed by atoms with Crippen LogP contribution in [0.4, 0.5) is 0 Å². The molecule has 366 valence electrons. The van der Waals surface area contributed by atoms with Crippen LogP contribution < -0.4 is 4.74 Å². The molecule has 0 fully saturated rings. The molecule has 0 unspecified atom stereocenters. The molecule has 5 aromatic heterocycles. The molecule has 0 radical (unpaired) electrons. The van der Waals surface area contributed by atoms with E-state index in [9.17, 15) is 0 Å². The van der Waals surface area contributed by atoms with Crippen molar-refractivity contribution < 1.29 is 45.9 Å². The van der Waals surface area contributed by atoms with Gasteiger partial charge in [0.2, 0.25) is 5.88 Å². The van der Waals surface area contributed by atoms with Gasteiger partial charge in [0.1, 0.15) is 5.52 Å². The third kappa shape index (κ3) is 10.5. The van der Waals surface area contributed by atoms with Gasteiger partial charge in [0.05, 0.1) is 5.52 Å². The van der Waals surface area contributed by atoms with Crippen LogP contribution in [0.5, 0.6) is 11.6 Å². The van der Waals surface area contributed by atoms with E-state index in [-0.39, 0.29) is 41.2 Å². The van der Waals surface area contributed by atoms with E-state index in [1.54, 1.807) is 6.20 Å². The Bertz CT molecular complexity index is 4050. The maximum atomic E-state index is 6.28. The predicted octanol–water partition coefficient (Wildman–Crippen LogP) is 16.8. The molecule has 0 spiro atoms. The van der Waals surface area contributed by atoms with Crippen LogP contribution in [0, 0.1) is 30.3 Å². The van der Waals surface area contributed by atoms with Crippen molar-refractivity contribution in [1.82, 2.24) is 24.9 Å². The van der Waals surface area contributed by atoms with Crippen molar-refractivity contribution in [3.05, 3.63) is 274 Å². The van der Waals surface area contributed by atoms with Crippen molar-refractivity contribution in [2.75, 3.05) is 0 Å². The Balaban J connectivity index is 0.00000315. The molecule has 0 bridgehead atoms. The zero-order valence-electron chi connectivity index (χ0n) is 40.9. The molecule has 0 saturated heterocycles. The second-order valence-corrected chi connectivity index (χ2v) is 18.0. The first-order valence-electron chi connectivity index (χ1n) is 24.6. The van der Waals surface area contributed by atoms with E-state index in [2.05, 4.69) is 157 Å². The molecule has 77 heavy (non-hydrogen) atoms. The van der Waals surface area contributed by atoms with E-state index in [1.165, 1.54) is 0 Å². The Morgan fingerprint density at radius 3 is 1.39 bits per heavy atom. The standard InChI is InChI=1S/C69H40N5O.Ir.Pt/c1-3-15-46(16-4-1)64-34-30-51(43-71-64)58-22-7-10-25-61(58)54-39-55(62-26-11-8-23-59(62)52-31-35-65(72-44-52)47-17-5-2-6-18-47)41-56(40-54)63-27-12-9-24-60(63)53-32-36-66(73-45-53)50-19-13-21-57(42-50)75-67-37-33-49-29-28-48-20-14-38-70-68(48)69(49)74-67;;/h1-15,17,20-35,37-41,43-45H;;/q-5;+3;+2. The van der Waals surface area contributed by atoms with Gasteiger partial charge < -0.3 is 37.4 Å². The zero-order chi connectivity index (χ0) is 49.9. The van der Waals surface area contributed by atoms with Crippen molar-refractivity contribution in [2.45, 2.75) is 0 Å². The number of rotatable bonds is 11. The van der Waals surface area contributed by atoms with Crippen molar-refractivity contribution >= 4 is 21.8 Å². The topological polar surface area (TPSA) is 73.7 Å². The van der Waals surface area contributed by atoms with Crippen molar-refractivity contribution in [3.8, 4) is 112 Å². The molecule has 5 heterocycles. The van der Waals surface area contributed by atoms with Gasteiger partial charge >= 0.3 is 41.2 Å². The number of hydrogen-bond donors (Lipinski definition) is 0. The zero-order valence-corrected chi connectivity index (χ0v) is 45.6. The van der Waals surface area contributed by atoms with Gasteiger partial charge in [0.15, 0.2) is 0 Å². The summed E-state index contributed by atoms with van der Waals surface area (Å²) in [6, 6.07) is 91.0. The summed E-state index contributed by atoms with van der Waals surface area (Å²) in [5, 5.41) is 2.00. The quantitative estimate of drug-likeness (QED) is 0.0949. The monoisotopic (exact) mass is 1340 g/mol. The minimum Gasteiger partial charge on any atom is -0.479 e. The average molecular weight is 1340 g/mol. The molecule has 0 atom stereocenters. The third-order valence-corrected chi connectivity index (χ3v) is 13.3. The van der Waals surface area contributed by atoms with Gasteiger partial charge in [-0.05, 0) is 104 Å². The molecule has 6 nitrogen and oxygen atoms in total. The van der Waals surface area contributed by atoms with Crippen LogP contribution in [0.3, 0.4) is 0 Å². The second-order valence-electron chi connectivity index (χ2n) is 18.0. The summed E-state index contributed by atoms with van der Waals surface area (Å²) < 4.78 is 6.28. The van der Waals surface area contributed by atoms with E-state index in [4.69, 9.17) is 24.7 Å². The largest absolute Gasteiger partial charge is 3.00 e. The van der Waals surface area contributed by atoms with Crippen LogP contribution in [0.25, 0.3) is 122 Å². The van der Waals surface area contributed by atoms with Crippen molar-refractivity contribution in [3.63, 3.8) is 0 Å². The average Bonchev–Trinajstić information content (AvgIpc) is 3.52. The molecule has 0 aliphatic carbocycles. The fraction of sp³-hybridized carbons (Fsp3) is 0. The van der Waals surface area contributed by atoms with Gasteiger partial charge in [-0.3, -0.25) is 11.1 Å². The molecular formula is C69H40IrN5OPt. The predicted molar refractivity (Wildman–Crippen MR) is 300 cm³/mol. The molecule has 8 aromatic carbocycles. The third-order valence-electron chi connectivity index (χ3n) is 13.3. The molecule has 0 N–H and O–H groups in total. The van der Waals surface area contributed by atoms with Crippen LogP contribution in [-0.2, 0) is 41.2 Å². The van der Waals surface area contributed by atoms with E-state index < -0.39 is 0 Å². The fourth-order valence-corrected chi connectivity index (χ4v) is 9.69. The summed E-state index contributed by atoms with van der Waals surface area (Å²) in [5.41, 5.74) is 19.0. The number of hydrogen-bond acceptors (Lipinski definition) is 6. The number of nitrogens with zero attached hydrogens (tertiary/aromatic N) is 5. The summed E-state index contributed by atoms with van der Waals surface area (Å²) in [4.78, 5) is 24.2. The minimum atomic E-state index is 0. The smallest absolute Gasteiger partial charge is 0.479 e. The molecule has 0 aliphatic heterocycles. The van der Waals surface area contributed by atoms with Crippen LogP contribution in [0.2, 0.25) is 0 Å². The van der Waals surface area contributed by atoms with Gasteiger partial charge in [-0.2, -0.15) is 12.1 Å². The Labute approximate surface area is 474 Å². The Hall–Kier alpha value is -8.83. The fourth-order valence-electron chi connectivity index (χ4n) is 9.69.